The number of phenols is 1. The van der Waals surface area contributed by atoms with E-state index in [1.54, 1.807) is 6.07 Å². The van der Waals surface area contributed by atoms with Crippen LogP contribution in [0.1, 0.15) is 15.9 Å². The van der Waals surface area contributed by atoms with Gasteiger partial charge in [-0.05, 0) is 29.0 Å². The number of fused-ring (bicyclic) bond motifs is 1. The van der Waals surface area contributed by atoms with Crippen LogP contribution in [0.15, 0.2) is 60.7 Å². The van der Waals surface area contributed by atoms with Crippen LogP contribution in [0.4, 0.5) is 5.69 Å². The summed E-state index contributed by atoms with van der Waals surface area (Å²) < 4.78 is 4.86. The molecule has 3 aromatic rings. The predicted molar refractivity (Wildman–Crippen MR) is 110 cm³/mol. The molecule has 3 aromatic carbocycles. The van der Waals surface area contributed by atoms with Crippen LogP contribution < -0.4 is 9.80 Å². The smallest absolute Gasteiger partial charge is 0.341 e. The second-order valence-electron chi connectivity index (χ2n) is 7.21. The van der Waals surface area contributed by atoms with Gasteiger partial charge in [-0.1, -0.05) is 42.5 Å². The number of piperazine rings is 1. The van der Waals surface area contributed by atoms with Gasteiger partial charge in [0.1, 0.15) is 17.9 Å². The second-order valence-corrected chi connectivity index (χ2v) is 7.21. The number of nitrogens with one attached hydrogen (secondary N) is 1. The number of hydrogen-bond donors (Lipinski definition) is 2. The molecule has 0 amide bonds. The van der Waals surface area contributed by atoms with E-state index in [1.165, 1.54) is 17.7 Å². The number of aromatic hydroxyl groups is 1. The zero-order valence-corrected chi connectivity index (χ0v) is 16.0. The van der Waals surface area contributed by atoms with Gasteiger partial charge in [0, 0.05) is 5.69 Å². The van der Waals surface area contributed by atoms with Crippen molar-refractivity contribution in [3.8, 4) is 5.75 Å². The molecule has 5 nitrogen and oxygen atoms in total. The summed E-state index contributed by atoms with van der Waals surface area (Å²) in [6.07, 6.45) is 0. The van der Waals surface area contributed by atoms with E-state index >= 15 is 0 Å². The van der Waals surface area contributed by atoms with Crippen molar-refractivity contribution in [1.29, 1.82) is 0 Å². The number of methoxy groups -OCH3 is 1. The standard InChI is InChI=1S/C23H24N2O3/c1-28-23(27)20-15-17-7-5-6-10-19(17)21(22(20)26)16-24-11-13-25(14-12-24)18-8-3-2-4-9-18/h2-10,15,26H,11-14,16H2,1H3/p+1. The third-order valence-corrected chi connectivity index (χ3v) is 5.55. The van der Waals surface area contributed by atoms with Gasteiger partial charge in [0.05, 0.1) is 38.9 Å². The zero-order chi connectivity index (χ0) is 19.5. The maximum Gasteiger partial charge on any atom is 0.341 e. The van der Waals surface area contributed by atoms with Crippen LogP contribution in [0.2, 0.25) is 0 Å². The van der Waals surface area contributed by atoms with E-state index in [1.807, 2.05) is 30.3 Å². The first-order valence-corrected chi connectivity index (χ1v) is 9.63. The molecule has 0 atom stereocenters. The van der Waals surface area contributed by atoms with Gasteiger partial charge in [0.15, 0.2) is 0 Å². The molecule has 1 aliphatic rings. The van der Waals surface area contributed by atoms with Crippen LogP contribution in [0, 0.1) is 0 Å². The number of nitrogens with zero attached hydrogens (tertiary/aromatic N) is 1. The number of anilines is 1. The molecular weight excluding hydrogens is 352 g/mol. The molecule has 0 aromatic heterocycles. The van der Waals surface area contributed by atoms with Gasteiger partial charge in [-0.25, -0.2) is 4.79 Å². The third-order valence-electron chi connectivity index (χ3n) is 5.55. The average molecular weight is 377 g/mol. The molecule has 0 unspecified atom stereocenters. The molecule has 4 rings (SSSR count). The van der Waals surface area contributed by atoms with Gasteiger partial charge in [-0.3, -0.25) is 0 Å². The second kappa shape index (κ2) is 7.90. The zero-order valence-electron chi connectivity index (χ0n) is 16.0. The van der Waals surface area contributed by atoms with Gasteiger partial charge in [0.25, 0.3) is 0 Å². The van der Waals surface area contributed by atoms with E-state index in [0.29, 0.717) is 6.54 Å². The van der Waals surface area contributed by atoms with Crippen molar-refractivity contribution in [2.45, 2.75) is 6.54 Å². The maximum absolute atomic E-state index is 12.1. The van der Waals surface area contributed by atoms with Crippen molar-refractivity contribution in [1.82, 2.24) is 0 Å². The summed E-state index contributed by atoms with van der Waals surface area (Å²) in [7, 11) is 1.34. The molecule has 1 heterocycles. The first kappa shape index (κ1) is 18.3. The molecule has 1 aliphatic heterocycles. The fourth-order valence-corrected chi connectivity index (χ4v) is 4.00. The van der Waals surface area contributed by atoms with E-state index in [2.05, 4.69) is 29.2 Å². The highest BCUT2D eigenvalue weighted by molar-refractivity contribution is 6.00. The first-order valence-electron chi connectivity index (χ1n) is 9.63. The molecule has 0 saturated carbocycles. The number of phenolic OH excluding ortho intramolecular Hbond substituents is 1. The van der Waals surface area contributed by atoms with Crippen LogP contribution in [0.25, 0.3) is 10.8 Å². The van der Waals surface area contributed by atoms with Crippen molar-refractivity contribution in [3.63, 3.8) is 0 Å². The topological polar surface area (TPSA) is 54.2 Å². The number of carbonyl (C=O) groups is 1. The first-order chi connectivity index (χ1) is 13.7. The minimum atomic E-state index is -0.506. The van der Waals surface area contributed by atoms with Crippen LogP contribution in [0.5, 0.6) is 5.75 Å². The lowest BCUT2D eigenvalue weighted by atomic mass is 9.98. The number of esters is 1. The lowest BCUT2D eigenvalue weighted by Gasteiger charge is -2.34. The summed E-state index contributed by atoms with van der Waals surface area (Å²) in [6, 6.07) is 20.0. The molecule has 5 heteroatoms. The van der Waals surface area contributed by atoms with Crippen molar-refractivity contribution in [2.24, 2.45) is 0 Å². The Kier molecular flexibility index (Phi) is 5.17. The lowest BCUT2D eigenvalue weighted by Crippen LogP contribution is -3.13. The average Bonchev–Trinajstić information content (AvgIpc) is 2.76. The highest BCUT2D eigenvalue weighted by Gasteiger charge is 2.25. The van der Waals surface area contributed by atoms with Crippen LogP contribution >= 0.6 is 0 Å². The van der Waals surface area contributed by atoms with Gasteiger partial charge in [0.2, 0.25) is 0 Å². The number of benzene rings is 3. The Morgan fingerprint density at radius 2 is 1.75 bits per heavy atom. The molecule has 1 fully saturated rings. The molecule has 28 heavy (non-hydrogen) atoms. The highest BCUT2D eigenvalue weighted by atomic mass is 16.5. The summed E-state index contributed by atoms with van der Waals surface area (Å²) in [4.78, 5) is 15.9. The van der Waals surface area contributed by atoms with Gasteiger partial charge < -0.3 is 19.6 Å². The lowest BCUT2D eigenvalue weighted by molar-refractivity contribution is -0.914. The summed E-state index contributed by atoms with van der Waals surface area (Å²) in [5, 5.41) is 12.8. The molecular formula is C23H25N2O3+. The minimum Gasteiger partial charge on any atom is -0.507 e. The molecule has 0 aliphatic carbocycles. The van der Waals surface area contributed by atoms with Crippen molar-refractivity contribution in [3.05, 3.63) is 71.8 Å². The molecule has 144 valence electrons. The fourth-order valence-electron chi connectivity index (χ4n) is 4.00. The van der Waals surface area contributed by atoms with E-state index in [4.69, 9.17) is 4.74 Å². The summed E-state index contributed by atoms with van der Waals surface area (Å²) in [5.74, 6) is -0.461. The van der Waals surface area contributed by atoms with Gasteiger partial charge >= 0.3 is 5.97 Å². The monoisotopic (exact) mass is 377 g/mol. The minimum absolute atomic E-state index is 0.0449. The summed E-state index contributed by atoms with van der Waals surface area (Å²) in [5.41, 5.74) is 2.31. The Bertz CT molecular complexity index is 980. The molecule has 1 saturated heterocycles. The van der Waals surface area contributed by atoms with E-state index in [-0.39, 0.29) is 11.3 Å². The van der Waals surface area contributed by atoms with Crippen molar-refractivity contribution in [2.75, 3.05) is 38.2 Å². The molecule has 0 radical (unpaired) electrons. The third kappa shape index (κ3) is 3.53. The number of quaternary nitrogens is 1. The normalized spacial score (nSPS) is 15.0. The van der Waals surface area contributed by atoms with Crippen LogP contribution in [-0.2, 0) is 11.3 Å². The maximum atomic E-state index is 12.1. The number of hydrogen-bond acceptors (Lipinski definition) is 4. The van der Waals surface area contributed by atoms with Crippen molar-refractivity contribution >= 4 is 22.4 Å². The largest absolute Gasteiger partial charge is 0.507 e. The Morgan fingerprint density at radius 3 is 2.46 bits per heavy atom. The van der Waals surface area contributed by atoms with Crippen molar-refractivity contribution < 1.29 is 19.5 Å². The molecule has 2 N–H and O–H groups in total. The van der Waals surface area contributed by atoms with Gasteiger partial charge in [-0.2, -0.15) is 0 Å². The summed E-state index contributed by atoms with van der Waals surface area (Å²) >= 11 is 0. The van der Waals surface area contributed by atoms with Crippen LogP contribution in [-0.4, -0.2) is 44.4 Å². The van der Waals surface area contributed by atoms with E-state index < -0.39 is 5.97 Å². The highest BCUT2D eigenvalue weighted by Crippen LogP contribution is 2.31. The number of rotatable bonds is 4. The van der Waals surface area contributed by atoms with E-state index in [9.17, 15) is 9.90 Å². The summed E-state index contributed by atoms with van der Waals surface area (Å²) in [6.45, 7) is 4.57. The van der Waals surface area contributed by atoms with Crippen LogP contribution in [0.3, 0.4) is 0 Å². The number of carbonyl (C=O) groups excluding carboxylic acids is 1. The number of ether oxygens (including phenoxy) is 1. The predicted octanol–water partition coefficient (Wildman–Crippen LogP) is 2.24. The Morgan fingerprint density at radius 1 is 1.07 bits per heavy atom. The SMILES string of the molecule is COC(=O)c1cc2ccccc2c(C[NH+]2CCN(c3ccccc3)CC2)c1O. The quantitative estimate of drug-likeness (QED) is 0.685. The molecule has 0 bridgehead atoms. The Balaban J connectivity index is 1.58. The van der Waals surface area contributed by atoms with Gasteiger partial charge in [-0.15, -0.1) is 0 Å². The van der Waals surface area contributed by atoms with E-state index in [0.717, 1.165) is 42.5 Å². The number of para-hydroxylation sites is 1. The Hall–Kier alpha value is -3.05. The Labute approximate surface area is 164 Å². The molecule has 0 spiro atoms. The fraction of sp³-hybridized carbons (Fsp3) is 0.261.